The van der Waals surface area contributed by atoms with E-state index in [0.29, 0.717) is 22.8 Å². The minimum Gasteiger partial charge on any atom is -0.493 e. The normalized spacial score (nSPS) is 10.4. The number of benzene rings is 2. The summed E-state index contributed by atoms with van der Waals surface area (Å²) < 4.78 is 21.0. The summed E-state index contributed by atoms with van der Waals surface area (Å²) in [5.74, 6) is -1.39. The Labute approximate surface area is 184 Å². The molecule has 0 aromatic heterocycles. The van der Waals surface area contributed by atoms with Crippen LogP contribution in [0, 0.1) is 0 Å². The minimum absolute atomic E-state index is 0.0517. The predicted molar refractivity (Wildman–Crippen MR) is 115 cm³/mol. The first-order valence-corrected chi connectivity index (χ1v) is 9.26. The Hall–Kier alpha value is -4.27. The molecule has 0 bridgehead atoms. The maximum atomic E-state index is 12.7. The van der Waals surface area contributed by atoms with Gasteiger partial charge in [0.05, 0.1) is 18.4 Å². The zero-order valence-electron chi connectivity index (χ0n) is 17.5. The SMILES string of the molecule is C=C(C)Oc1ccc(C(=O)/C=C/c2ccc(OCC(=O)O)c(OC)c2)c(OCC(=O)O)c1. The van der Waals surface area contributed by atoms with Crippen molar-refractivity contribution < 1.29 is 43.5 Å². The fourth-order valence-corrected chi connectivity index (χ4v) is 2.54. The number of aliphatic carboxylic acids is 2. The van der Waals surface area contributed by atoms with Crippen molar-refractivity contribution in [2.24, 2.45) is 0 Å². The Bertz CT molecular complexity index is 1050. The predicted octanol–water partition coefficient (Wildman–Crippen LogP) is 3.43. The van der Waals surface area contributed by atoms with Gasteiger partial charge in [0.15, 0.2) is 30.5 Å². The molecule has 0 spiro atoms. The van der Waals surface area contributed by atoms with Crippen LogP contribution in [0.1, 0.15) is 22.8 Å². The molecule has 0 fully saturated rings. The average molecular weight is 442 g/mol. The molecule has 32 heavy (non-hydrogen) atoms. The molecule has 0 unspecified atom stereocenters. The highest BCUT2D eigenvalue weighted by molar-refractivity contribution is 6.08. The van der Waals surface area contributed by atoms with Gasteiger partial charge in [0.1, 0.15) is 11.5 Å². The van der Waals surface area contributed by atoms with Gasteiger partial charge < -0.3 is 29.2 Å². The zero-order chi connectivity index (χ0) is 23.7. The van der Waals surface area contributed by atoms with E-state index < -0.39 is 30.9 Å². The Balaban J connectivity index is 2.25. The number of ketones is 1. The molecule has 0 aliphatic heterocycles. The first-order chi connectivity index (χ1) is 15.2. The number of carbonyl (C=O) groups is 3. The van der Waals surface area contributed by atoms with Crippen LogP contribution < -0.4 is 18.9 Å². The Kier molecular flexibility index (Phi) is 8.41. The largest absolute Gasteiger partial charge is 0.493 e. The van der Waals surface area contributed by atoms with E-state index in [-0.39, 0.29) is 17.1 Å². The van der Waals surface area contributed by atoms with Gasteiger partial charge in [0, 0.05) is 6.07 Å². The minimum atomic E-state index is -1.19. The molecule has 0 radical (unpaired) electrons. The summed E-state index contributed by atoms with van der Waals surface area (Å²) in [5, 5.41) is 17.6. The van der Waals surface area contributed by atoms with Crippen LogP contribution >= 0.6 is 0 Å². The van der Waals surface area contributed by atoms with Gasteiger partial charge in [-0.25, -0.2) is 9.59 Å². The summed E-state index contributed by atoms with van der Waals surface area (Å²) >= 11 is 0. The summed E-state index contributed by atoms with van der Waals surface area (Å²) in [6.45, 7) is 4.13. The zero-order valence-corrected chi connectivity index (χ0v) is 17.5. The van der Waals surface area contributed by atoms with Gasteiger partial charge >= 0.3 is 11.9 Å². The van der Waals surface area contributed by atoms with Crippen molar-refractivity contribution in [3.05, 3.63) is 65.9 Å². The molecule has 9 heteroatoms. The van der Waals surface area contributed by atoms with Crippen molar-refractivity contribution in [1.82, 2.24) is 0 Å². The number of carboxylic acids is 2. The monoisotopic (exact) mass is 442 g/mol. The highest BCUT2D eigenvalue weighted by atomic mass is 16.5. The lowest BCUT2D eigenvalue weighted by Gasteiger charge is -2.11. The molecule has 0 aliphatic rings. The molecule has 0 atom stereocenters. The molecular weight excluding hydrogens is 420 g/mol. The third-order valence-electron chi connectivity index (χ3n) is 3.83. The third-order valence-corrected chi connectivity index (χ3v) is 3.83. The van der Waals surface area contributed by atoms with Crippen LogP contribution in [-0.2, 0) is 9.59 Å². The van der Waals surface area contributed by atoms with E-state index in [0.717, 1.165) is 0 Å². The first kappa shape index (κ1) is 24.0. The van der Waals surface area contributed by atoms with Crippen LogP contribution in [0.3, 0.4) is 0 Å². The van der Waals surface area contributed by atoms with E-state index in [4.69, 9.17) is 29.2 Å². The van der Waals surface area contributed by atoms with Crippen LogP contribution in [0.5, 0.6) is 23.0 Å². The van der Waals surface area contributed by atoms with Gasteiger partial charge in [-0.2, -0.15) is 0 Å². The van der Waals surface area contributed by atoms with Gasteiger partial charge in [0.25, 0.3) is 0 Å². The number of hydrogen-bond acceptors (Lipinski definition) is 7. The molecule has 0 saturated heterocycles. The van der Waals surface area contributed by atoms with E-state index in [9.17, 15) is 14.4 Å². The van der Waals surface area contributed by atoms with Crippen molar-refractivity contribution in [3.8, 4) is 23.0 Å². The van der Waals surface area contributed by atoms with E-state index in [2.05, 4.69) is 6.58 Å². The van der Waals surface area contributed by atoms with E-state index in [1.807, 2.05) is 0 Å². The van der Waals surface area contributed by atoms with Crippen LogP contribution in [0.15, 0.2) is 54.8 Å². The number of hydrogen-bond donors (Lipinski definition) is 2. The molecule has 0 saturated carbocycles. The fraction of sp³-hybridized carbons (Fsp3) is 0.174. The topological polar surface area (TPSA) is 129 Å². The van der Waals surface area contributed by atoms with Crippen molar-refractivity contribution in [2.45, 2.75) is 6.92 Å². The average Bonchev–Trinajstić information content (AvgIpc) is 2.74. The van der Waals surface area contributed by atoms with Crippen molar-refractivity contribution in [2.75, 3.05) is 20.3 Å². The molecule has 168 valence electrons. The number of carbonyl (C=O) groups excluding carboxylic acids is 1. The van der Waals surface area contributed by atoms with Crippen LogP contribution in [0.4, 0.5) is 0 Å². The first-order valence-electron chi connectivity index (χ1n) is 9.26. The second-order valence-corrected chi connectivity index (χ2v) is 6.43. The van der Waals surface area contributed by atoms with Gasteiger partial charge in [0.2, 0.25) is 0 Å². The smallest absolute Gasteiger partial charge is 0.341 e. The summed E-state index contributed by atoms with van der Waals surface area (Å²) in [5.41, 5.74) is 0.734. The summed E-state index contributed by atoms with van der Waals surface area (Å²) in [6.07, 6.45) is 2.81. The fourth-order valence-electron chi connectivity index (χ4n) is 2.54. The molecule has 2 aromatic carbocycles. The second kappa shape index (κ2) is 11.2. The van der Waals surface area contributed by atoms with Gasteiger partial charge in [-0.1, -0.05) is 18.7 Å². The molecular formula is C23H22O9. The quantitative estimate of drug-likeness (QED) is 0.288. The number of carboxylic acid groups (broad SMARTS) is 2. The van der Waals surface area contributed by atoms with Gasteiger partial charge in [-0.3, -0.25) is 4.79 Å². The van der Waals surface area contributed by atoms with Crippen LogP contribution in [0.2, 0.25) is 0 Å². The standard InChI is InChI=1S/C23H22O9/c1-14(2)32-16-6-7-17(20(11-16)31-13-23(27)28)18(24)8-4-15-5-9-19(21(10-15)29-3)30-12-22(25)26/h4-11H,1,12-13H2,2-3H3,(H,25,26)(H,27,28)/b8-4+. The highest BCUT2D eigenvalue weighted by Crippen LogP contribution is 2.30. The Morgan fingerprint density at radius 1 is 0.938 bits per heavy atom. The lowest BCUT2D eigenvalue weighted by atomic mass is 10.1. The van der Waals surface area contributed by atoms with E-state index >= 15 is 0 Å². The maximum Gasteiger partial charge on any atom is 0.341 e. The van der Waals surface area contributed by atoms with Gasteiger partial charge in [-0.05, 0) is 42.8 Å². The van der Waals surface area contributed by atoms with Crippen molar-refractivity contribution in [1.29, 1.82) is 0 Å². The van der Waals surface area contributed by atoms with Crippen molar-refractivity contribution >= 4 is 23.8 Å². The number of rotatable bonds is 12. The summed E-state index contributed by atoms with van der Waals surface area (Å²) in [7, 11) is 1.41. The van der Waals surface area contributed by atoms with E-state index in [1.54, 1.807) is 25.1 Å². The molecule has 0 heterocycles. The van der Waals surface area contributed by atoms with E-state index in [1.165, 1.54) is 37.5 Å². The molecule has 9 nitrogen and oxygen atoms in total. The molecule has 0 aliphatic carbocycles. The maximum absolute atomic E-state index is 12.7. The number of ether oxygens (including phenoxy) is 4. The van der Waals surface area contributed by atoms with Crippen LogP contribution in [0.25, 0.3) is 6.08 Å². The summed E-state index contributed by atoms with van der Waals surface area (Å²) in [6, 6.07) is 9.14. The molecule has 2 rings (SSSR count). The lowest BCUT2D eigenvalue weighted by Crippen LogP contribution is -2.11. The molecule has 2 N–H and O–H groups in total. The summed E-state index contributed by atoms with van der Waals surface area (Å²) in [4.78, 5) is 34.3. The Morgan fingerprint density at radius 3 is 2.19 bits per heavy atom. The molecule has 0 amide bonds. The van der Waals surface area contributed by atoms with Crippen molar-refractivity contribution in [3.63, 3.8) is 0 Å². The number of methoxy groups -OCH3 is 1. The second-order valence-electron chi connectivity index (χ2n) is 6.43. The number of allylic oxidation sites excluding steroid dienone is 2. The Morgan fingerprint density at radius 2 is 1.59 bits per heavy atom. The van der Waals surface area contributed by atoms with Gasteiger partial charge in [-0.15, -0.1) is 0 Å². The highest BCUT2D eigenvalue weighted by Gasteiger charge is 2.14. The molecule has 2 aromatic rings. The van der Waals surface area contributed by atoms with Crippen LogP contribution in [-0.4, -0.2) is 48.3 Å². The lowest BCUT2D eigenvalue weighted by molar-refractivity contribution is -0.140. The third kappa shape index (κ3) is 7.21.